The van der Waals surface area contributed by atoms with Crippen LogP contribution in [-0.4, -0.2) is 47.9 Å². The molecule has 3 N–H and O–H groups in total. The first-order valence-corrected chi connectivity index (χ1v) is 9.37. The van der Waals surface area contributed by atoms with Crippen LogP contribution < -0.4 is 16.0 Å². The Morgan fingerprint density at radius 2 is 1.78 bits per heavy atom. The monoisotopic (exact) mass is 374 g/mol. The third kappa shape index (κ3) is 6.92. The second-order valence-corrected chi connectivity index (χ2v) is 8.14. The van der Waals surface area contributed by atoms with Crippen molar-refractivity contribution >= 4 is 23.5 Å². The van der Waals surface area contributed by atoms with Crippen LogP contribution in [0.2, 0.25) is 0 Å². The zero-order valence-electron chi connectivity index (χ0n) is 16.6. The standard InChI is InChI=1S/C20H30N4O3/c1-14-6-5-7-16(12-14)22-18(26)17(25)21-13-15-8-10-24(11-9-15)19(27)23-20(2,3)4/h5-7,12,15H,8-11,13H2,1-4H3,(H,21,25)(H,22,26)(H,23,27). The van der Waals surface area contributed by atoms with Crippen LogP contribution in [0.3, 0.4) is 0 Å². The lowest BCUT2D eigenvalue weighted by Gasteiger charge is -2.34. The number of likely N-dealkylation sites (tertiary alicyclic amines) is 1. The van der Waals surface area contributed by atoms with E-state index < -0.39 is 11.8 Å². The highest BCUT2D eigenvalue weighted by Gasteiger charge is 2.26. The van der Waals surface area contributed by atoms with E-state index in [1.54, 1.807) is 11.0 Å². The molecular formula is C20H30N4O3. The lowest BCUT2D eigenvalue weighted by Crippen LogP contribution is -2.51. The minimum atomic E-state index is -0.664. The maximum Gasteiger partial charge on any atom is 0.317 e. The quantitative estimate of drug-likeness (QED) is 0.709. The van der Waals surface area contributed by atoms with Crippen LogP contribution in [0, 0.1) is 12.8 Å². The van der Waals surface area contributed by atoms with Crippen LogP contribution in [0.1, 0.15) is 39.2 Å². The molecular weight excluding hydrogens is 344 g/mol. The maximum atomic E-state index is 12.2. The van der Waals surface area contributed by atoms with Crippen LogP contribution in [0.5, 0.6) is 0 Å². The molecule has 0 aliphatic carbocycles. The smallest absolute Gasteiger partial charge is 0.317 e. The molecule has 1 fully saturated rings. The zero-order chi connectivity index (χ0) is 20.0. The SMILES string of the molecule is Cc1cccc(NC(=O)C(=O)NCC2CCN(C(=O)NC(C)(C)C)CC2)c1. The van der Waals surface area contributed by atoms with Gasteiger partial charge in [-0.25, -0.2) is 4.79 Å². The third-order valence-electron chi connectivity index (χ3n) is 4.42. The lowest BCUT2D eigenvalue weighted by molar-refractivity contribution is -0.136. The molecule has 0 saturated carbocycles. The molecule has 7 nitrogen and oxygen atoms in total. The number of carbonyl (C=O) groups excluding carboxylic acids is 3. The molecule has 0 spiro atoms. The van der Waals surface area contributed by atoms with Gasteiger partial charge >= 0.3 is 17.8 Å². The molecule has 0 unspecified atom stereocenters. The number of amides is 4. The second kappa shape index (κ2) is 8.88. The van der Waals surface area contributed by atoms with Crippen LogP contribution in [0.25, 0.3) is 0 Å². The highest BCUT2D eigenvalue weighted by molar-refractivity contribution is 6.39. The van der Waals surface area contributed by atoms with Crippen molar-refractivity contribution in [3.63, 3.8) is 0 Å². The summed E-state index contributed by atoms with van der Waals surface area (Å²) in [5, 5.41) is 8.26. The molecule has 1 aliphatic heterocycles. The van der Waals surface area contributed by atoms with Crippen molar-refractivity contribution in [2.75, 3.05) is 25.0 Å². The summed E-state index contributed by atoms with van der Waals surface area (Å²) in [5.41, 5.74) is 1.36. The fraction of sp³-hybridized carbons (Fsp3) is 0.550. The number of urea groups is 1. The van der Waals surface area contributed by atoms with Crippen molar-refractivity contribution in [1.29, 1.82) is 0 Å². The summed E-state index contributed by atoms with van der Waals surface area (Å²) in [6.45, 7) is 9.52. The number of hydrogen-bond acceptors (Lipinski definition) is 3. The van der Waals surface area contributed by atoms with Crippen LogP contribution in [0.4, 0.5) is 10.5 Å². The highest BCUT2D eigenvalue weighted by Crippen LogP contribution is 2.17. The van der Waals surface area contributed by atoms with Gasteiger partial charge in [0.05, 0.1) is 0 Å². The Labute approximate surface area is 160 Å². The number of rotatable bonds is 3. The van der Waals surface area contributed by atoms with E-state index in [2.05, 4.69) is 16.0 Å². The summed E-state index contributed by atoms with van der Waals surface area (Å²) in [6, 6.07) is 7.25. The number of hydrogen-bond donors (Lipinski definition) is 3. The Kier molecular flexibility index (Phi) is 6.82. The van der Waals surface area contributed by atoms with Crippen molar-refractivity contribution in [1.82, 2.24) is 15.5 Å². The summed E-state index contributed by atoms with van der Waals surface area (Å²) in [4.78, 5) is 38.0. The normalized spacial score (nSPS) is 15.2. The summed E-state index contributed by atoms with van der Waals surface area (Å²) < 4.78 is 0. The van der Waals surface area contributed by atoms with Gasteiger partial charge in [-0.05, 0) is 64.2 Å². The van der Waals surface area contributed by atoms with Gasteiger partial charge in [-0.3, -0.25) is 9.59 Å². The van der Waals surface area contributed by atoms with E-state index in [1.807, 2.05) is 45.9 Å². The molecule has 0 atom stereocenters. The first kappa shape index (κ1) is 20.7. The molecule has 1 aromatic rings. The highest BCUT2D eigenvalue weighted by atomic mass is 16.2. The summed E-state index contributed by atoms with van der Waals surface area (Å²) in [7, 11) is 0. The Morgan fingerprint density at radius 1 is 1.11 bits per heavy atom. The van der Waals surface area contributed by atoms with Crippen molar-refractivity contribution in [3.8, 4) is 0 Å². The van der Waals surface area contributed by atoms with Crippen LogP contribution in [0.15, 0.2) is 24.3 Å². The molecule has 4 amide bonds. The van der Waals surface area contributed by atoms with Gasteiger partial charge < -0.3 is 20.9 Å². The lowest BCUT2D eigenvalue weighted by atomic mass is 9.97. The number of benzene rings is 1. The number of anilines is 1. The topological polar surface area (TPSA) is 90.5 Å². The third-order valence-corrected chi connectivity index (χ3v) is 4.42. The predicted octanol–water partition coefficient (Wildman–Crippen LogP) is 2.27. The van der Waals surface area contributed by atoms with Gasteiger partial charge in [0.25, 0.3) is 0 Å². The number of nitrogens with zero attached hydrogens (tertiary/aromatic N) is 1. The van der Waals surface area contributed by atoms with E-state index in [0.717, 1.165) is 18.4 Å². The van der Waals surface area contributed by atoms with Gasteiger partial charge in [-0.2, -0.15) is 0 Å². The van der Waals surface area contributed by atoms with E-state index in [-0.39, 0.29) is 17.5 Å². The van der Waals surface area contributed by atoms with Crippen LogP contribution >= 0.6 is 0 Å². The number of nitrogens with one attached hydrogen (secondary N) is 3. The van der Waals surface area contributed by atoms with Gasteiger partial charge in [0.15, 0.2) is 0 Å². The van der Waals surface area contributed by atoms with E-state index in [0.29, 0.717) is 25.3 Å². The van der Waals surface area contributed by atoms with Gasteiger partial charge in [0, 0.05) is 30.9 Å². The van der Waals surface area contributed by atoms with Crippen molar-refractivity contribution < 1.29 is 14.4 Å². The van der Waals surface area contributed by atoms with Crippen molar-refractivity contribution in [2.24, 2.45) is 5.92 Å². The minimum Gasteiger partial charge on any atom is -0.348 e. The Balaban J connectivity index is 1.72. The number of aryl methyl sites for hydroxylation is 1. The second-order valence-electron chi connectivity index (χ2n) is 8.14. The zero-order valence-corrected chi connectivity index (χ0v) is 16.6. The molecule has 0 radical (unpaired) electrons. The predicted molar refractivity (Wildman–Crippen MR) is 105 cm³/mol. The molecule has 0 bridgehead atoms. The van der Waals surface area contributed by atoms with Gasteiger partial charge in [-0.15, -0.1) is 0 Å². The Bertz CT molecular complexity index is 689. The molecule has 148 valence electrons. The summed E-state index contributed by atoms with van der Waals surface area (Å²) >= 11 is 0. The average Bonchev–Trinajstić information content (AvgIpc) is 2.58. The van der Waals surface area contributed by atoms with Gasteiger partial charge in [-0.1, -0.05) is 12.1 Å². The van der Waals surface area contributed by atoms with E-state index in [9.17, 15) is 14.4 Å². The molecule has 1 aliphatic rings. The van der Waals surface area contributed by atoms with Gasteiger partial charge in [0.2, 0.25) is 0 Å². The van der Waals surface area contributed by atoms with Gasteiger partial charge in [0.1, 0.15) is 0 Å². The molecule has 27 heavy (non-hydrogen) atoms. The maximum absolute atomic E-state index is 12.2. The Morgan fingerprint density at radius 3 is 2.37 bits per heavy atom. The molecule has 1 heterocycles. The summed E-state index contributed by atoms with van der Waals surface area (Å²) in [5.74, 6) is -1.04. The minimum absolute atomic E-state index is 0.0532. The van der Waals surface area contributed by atoms with Crippen LogP contribution in [-0.2, 0) is 9.59 Å². The fourth-order valence-corrected chi connectivity index (χ4v) is 2.97. The van der Waals surface area contributed by atoms with E-state index in [4.69, 9.17) is 0 Å². The largest absolute Gasteiger partial charge is 0.348 e. The summed E-state index contributed by atoms with van der Waals surface area (Å²) in [6.07, 6.45) is 1.61. The molecule has 7 heteroatoms. The molecule has 1 aromatic carbocycles. The molecule has 1 saturated heterocycles. The molecule has 2 rings (SSSR count). The number of carbonyl (C=O) groups is 3. The average molecular weight is 374 g/mol. The molecule has 0 aromatic heterocycles. The van der Waals surface area contributed by atoms with E-state index >= 15 is 0 Å². The van der Waals surface area contributed by atoms with E-state index in [1.165, 1.54) is 0 Å². The van der Waals surface area contributed by atoms with Crippen molar-refractivity contribution in [3.05, 3.63) is 29.8 Å². The fourth-order valence-electron chi connectivity index (χ4n) is 2.97. The first-order valence-electron chi connectivity index (χ1n) is 9.37. The number of piperidine rings is 1. The van der Waals surface area contributed by atoms with Crippen molar-refractivity contribution in [2.45, 2.75) is 46.1 Å². The first-order chi connectivity index (χ1) is 12.6. The Hall–Kier alpha value is -2.57.